The van der Waals surface area contributed by atoms with Crippen molar-refractivity contribution in [1.82, 2.24) is 10.2 Å². The molecule has 0 spiro atoms. The molecule has 0 aliphatic carbocycles. The van der Waals surface area contributed by atoms with Gasteiger partial charge in [0.2, 0.25) is 9.05 Å². The van der Waals surface area contributed by atoms with Crippen LogP contribution in [0.5, 0.6) is 5.75 Å². The number of H-pyrrole nitrogens is 1. The van der Waals surface area contributed by atoms with Crippen LogP contribution in [0.1, 0.15) is 65.3 Å². The molecule has 10 heteroatoms. The van der Waals surface area contributed by atoms with E-state index in [-0.39, 0.29) is 16.6 Å². The minimum atomic E-state index is -3.80. The topological polar surface area (TPSA) is 106 Å². The van der Waals surface area contributed by atoms with Crippen LogP contribution in [0.25, 0.3) is 0 Å². The fourth-order valence-corrected chi connectivity index (χ4v) is 5.20. The van der Waals surface area contributed by atoms with Crippen LogP contribution in [-0.2, 0) is 19.2 Å². The number of hydrogen-bond acceptors (Lipinski definition) is 6. The first kappa shape index (κ1) is 27.5. The Labute approximate surface area is 191 Å². The van der Waals surface area contributed by atoms with Crippen LogP contribution in [0.15, 0.2) is 42.6 Å². The van der Waals surface area contributed by atoms with E-state index in [2.05, 4.69) is 10.2 Å². The molecule has 0 saturated carbocycles. The smallest absolute Gasteiger partial charge is 0.317 e. The van der Waals surface area contributed by atoms with Crippen molar-refractivity contribution in [2.24, 2.45) is 10.8 Å². The van der Waals surface area contributed by atoms with Crippen molar-refractivity contribution in [2.45, 2.75) is 59.6 Å². The standard InChI is InChI=1S/C15H20N2O3S.C6H13ClO2S/c1-15(2,3)11-14(13-9-10-16-17-13)21(18,19)20-12-7-5-4-6-8-12;1-6(2,3)4-5-10(7,8)9/h4-10,14H,11H2,1-3H3,(H,16,17);4-5H2,1-3H3. The summed E-state index contributed by atoms with van der Waals surface area (Å²) in [6.45, 7) is 11.9. The largest absolute Gasteiger partial charge is 0.382 e. The number of halogens is 1. The summed E-state index contributed by atoms with van der Waals surface area (Å²) in [5.41, 5.74) is 0.422. The lowest BCUT2D eigenvalue weighted by Crippen LogP contribution is -2.24. The van der Waals surface area contributed by atoms with Crippen molar-refractivity contribution >= 4 is 29.9 Å². The highest BCUT2D eigenvalue weighted by Crippen LogP contribution is 2.35. The second-order valence-corrected chi connectivity index (χ2v) is 14.3. The summed E-state index contributed by atoms with van der Waals surface area (Å²) in [5.74, 6) is 0.383. The second kappa shape index (κ2) is 10.8. The molecule has 2 rings (SSSR count). The first-order valence-electron chi connectivity index (χ1n) is 9.88. The monoisotopic (exact) mass is 492 g/mol. The summed E-state index contributed by atoms with van der Waals surface area (Å²) in [6.07, 6.45) is 2.59. The number of benzene rings is 1. The van der Waals surface area contributed by atoms with Gasteiger partial charge in [-0.15, -0.1) is 0 Å². The molecule has 0 radical (unpaired) electrons. The van der Waals surface area contributed by atoms with Crippen molar-refractivity contribution in [3.63, 3.8) is 0 Å². The molecule has 0 amide bonds. The zero-order chi connectivity index (χ0) is 23.9. The van der Waals surface area contributed by atoms with E-state index in [9.17, 15) is 16.8 Å². The van der Waals surface area contributed by atoms with Crippen LogP contribution in [-0.4, -0.2) is 32.8 Å². The molecule has 2 aromatic rings. The van der Waals surface area contributed by atoms with Gasteiger partial charge >= 0.3 is 10.1 Å². The Kier molecular flexibility index (Phi) is 9.59. The average molecular weight is 493 g/mol. The van der Waals surface area contributed by atoms with E-state index < -0.39 is 24.4 Å². The van der Waals surface area contributed by atoms with Crippen molar-refractivity contribution in [2.75, 3.05) is 5.75 Å². The van der Waals surface area contributed by atoms with Crippen LogP contribution < -0.4 is 4.18 Å². The van der Waals surface area contributed by atoms with Crippen LogP contribution in [0.2, 0.25) is 0 Å². The third kappa shape index (κ3) is 12.1. The van der Waals surface area contributed by atoms with Gasteiger partial charge in [-0.05, 0) is 41.9 Å². The summed E-state index contributed by atoms with van der Waals surface area (Å²) < 4.78 is 51.4. The second-order valence-electron chi connectivity index (χ2n) is 9.71. The zero-order valence-electron chi connectivity index (χ0n) is 18.9. The molecule has 0 aliphatic heterocycles. The van der Waals surface area contributed by atoms with Gasteiger partial charge in [-0.25, -0.2) is 8.42 Å². The lowest BCUT2D eigenvalue weighted by atomic mass is 9.89. The molecule has 31 heavy (non-hydrogen) atoms. The molecule has 1 atom stereocenters. The summed E-state index contributed by atoms with van der Waals surface area (Å²) in [5, 5.41) is 5.81. The van der Waals surface area contributed by atoms with Crippen molar-refractivity contribution < 1.29 is 21.0 Å². The van der Waals surface area contributed by atoms with Gasteiger partial charge in [0.05, 0.1) is 11.4 Å². The van der Waals surface area contributed by atoms with E-state index in [0.717, 1.165) is 0 Å². The highest BCUT2D eigenvalue weighted by Gasteiger charge is 2.34. The minimum absolute atomic E-state index is 0.0436. The molecule has 0 saturated heterocycles. The molecule has 0 fully saturated rings. The van der Waals surface area contributed by atoms with E-state index >= 15 is 0 Å². The molecule has 176 valence electrons. The highest BCUT2D eigenvalue weighted by molar-refractivity contribution is 8.13. The highest BCUT2D eigenvalue weighted by atomic mass is 35.7. The number of para-hydroxylation sites is 1. The van der Waals surface area contributed by atoms with Gasteiger partial charge in [-0.1, -0.05) is 59.7 Å². The van der Waals surface area contributed by atoms with Crippen molar-refractivity contribution in [3.05, 3.63) is 48.3 Å². The van der Waals surface area contributed by atoms with Gasteiger partial charge in [-0.2, -0.15) is 13.5 Å². The van der Waals surface area contributed by atoms with Gasteiger partial charge in [-0.3, -0.25) is 5.10 Å². The fraction of sp³-hybridized carbons (Fsp3) is 0.571. The molecule has 7 nitrogen and oxygen atoms in total. The third-order valence-corrected chi connectivity index (χ3v) is 6.76. The normalized spacial score (nSPS) is 13.8. The fourth-order valence-electron chi connectivity index (χ4n) is 2.47. The maximum Gasteiger partial charge on any atom is 0.317 e. The van der Waals surface area contributed by atoms with E-state index in [1.807, 2.05) is 41.5 Å². The predicted molar refractivity (Wildman–Crippen MR) is 125 cm³/mol. The van der Waals surface area contributed by atoms with Crippen LogP contribution in [0, 0.1) is 10.8 Å². The quantitative estimate of drug-likeness (QED) is 0.416. The van der Waals surface area contributed by atoms with E-state index in [1.165, 1.54) is 0 Å². The average Bonchev–Trinajstić information content (AvgIpc) is 3.11. The Morgan fingerprint density at radius 2 is 1.55 bits per heavy atom. The van der Waals surface area contributed by atoms with Crippen LogP contribution in [0.3, 0.4) is 0 Å². The van der Waals surface area contributed by atoms with Crippen LogP contribution in [0.4, 0.5) is 0 Å². The summed E-state index contributed by atoms with van der Waals surface area (Å²) in [6, 6.07) is 10.2. The maximum atomic E-state index is 12.6. The Morgan fingerprint density at radius 3 is 1.94 bits per heavy atom. The number of hydrogen-bond donors (Lipinski definition) is 1. The molecule has 0 aliphatic rings. The van der Waals surface area contributed by atoms with E-state index in [0.29, 0.717) is 24.3 Å². The van der Waals surface area contributed by atoms with E-state index in [4.69, 9.17) is 14.9 Å². The third-order valence-electron chi connectivity index (χ3n) is 4.07. The van der Waals surface area contributed by atoms with Crippen LogP contribution >= 0.6 is 10.7 Å². The molecule has 1 aromatic heterocycles. The van der Waals surface area contributed by atoms with E-state index in [1.54, 1.807) is 42.6 Å². The lowest BCUT2D eigenvalue weighted by Gasteiger charge is -2.24. The number of rotatable bonds is 7. The maximum absolute atomic E-state index is 12.6. The first-order valence-corrected chi connectivity index (χ1v) is 13.8. The van der Waals surface area contributed by atoms with Crippen molar-refractivity contribution in [1.29, 1.82) is 0 Å². The van der Waals surface area contributed by atoms with Crippen molar-refractivity contribution in [3.8, 4) is 5.75 Å². The molecular formula is C21H33ClN2O5S2. The summed E-state index contributed by atoms with van der Waals surface area (Å²) >= 11 is 0. The lowest BCUT2D eigenvalue weighted by molar-refractivity contribution is 0.354. The molecule has 1 heterocycles. The number of aromatic nitrogens is 2. The number of nitrogens with zero attached hydrogens (tertiary/aromatic N) is 1. The SMILES string of the molecule is CC(C)(C)CC(c1ccn[nH]1)S(=O)(=O)Oc1ccccc1.CC(C)(C)CCS(=O)(=O)Cl. The Bertz CT molecular complexity index is 992. The number of aromatic amines is 1. The predicted octanol–water partition coefficient (Wildman–Crippen LogP) is 5.29. The molecule has 1 aromatic carbocycles. The Morgan fingerprint density at radius 1 is 0.968 bits per heavy atom. The molecule has 0 bridgehead atoms. The Balaban J connectivity index is 0.000000407. The van der Waals surface area contributed by atoms with Gasteiger partial charge in [0, 0.05) is 16.9 Å². The zero-order valence-corrected chi connectivity index (χ0v) is 21.3. The van der Waals surface area contributed by atoms with Gasteiger partial charge in [0.1, 0.15) is 11.0 Å². The van der Waals surface area contributed by atoms with Gasteiger partial charge < -0.3 is 4.18 Å². The van der Waals surface area contributed by atoms with Gasteiger partial charge in [0.15, 0.2) is 0 Å². The molecule has 1 unspecified atom stereocenters. The Hall–Kier alpha value is -1.58. The summed E-state index contributed by atoms with van der Waals surface area (Å²) in [4.78, 5) is 0. The van der Waals surface area contributed by atoms with Gasteiger partial charge in [0.25, 0.3) is 0 Å². The first-order chi connectivity index (χ1) is 14.0. The molecule has 1 N–H and O–H groups in total. The summed E-state index contributed by atoms with van der Waals surface area (Å²) in [7, 11) is -2.08. The molecular weight excluding hydrogens is 460 g/mol. The minimum Gasteiger partial charge on any atom is -0.382 e. The number of nitrogens with one attached hydrogen (secondary N) is 1.